The Morgan fingerprint density at radius 3 is 3.15 bits per heavy atom. The van der Waals surface area contributed by atoms with Crippen molar-refractivity contribution in [2.45, 2.75) is 38.9 Å². The highest BCUT2D eigenvalue weighted by molar-refractivity contribution is 5.79. The Morgan fingerprint density at radius 2 is 2.27 bits per heavy atom. The Morgan fingerprint density at radius 1 is 1.35 bits per heavy atom. The second-order valence-corrected chi connectivity index (χ2v) is 6.87. The van der Waals surface area contributed by atoms with Gasteiger partial charge in [0.1, 0.15) is 0 Å². The maximum absolute atomic E-state index is 11.1. The molecule has 0 unspecified atom stereocenters. The molecule has 0 saturated carbocycles. The van der Waals surface area contributed by atoms with E-state index in [1.54, 1.807) is 6.20 Å². The van der Waals surface area contributed by atoms with E-state index in [2.05, 4.69) is 44.5 Å². The SMILES string of the molecule is CC(=O)NCc1cncc([C@H]2CCCN2Cc2ccc3cc[nH]c3c2)n1. The van der Waals surface area contributed by atoms with Crippen LogP contribution >= 0.6 is 0 Å². The summed E-state index contributed by atoms with van der Waals surface area (Å²) < 4.78 is 0. The zero-order valence-corrected chi connectivity index (χ0v) is 14.9. The lowest BCUT2D eigenvalue weighted by atomic mass is 10.1. The van der Waals surface area contributed by atoms with Crippen LogP contribution in [0, 0.1) is 0 Å². The average Bonchev–Trinajstić information content (AvgIpc) is 3.29. The topological polar surface area (TPSA) is 73.9 Å². The molecule has 6 nitrogen and oxygen atoms in total. The summed E-state index contributed by atoms with van der Waals surface area (Å²) in [5.41, 5.74) is 4.27. The second-order valence-electron chi connectivity index (χ2n) is 6.87. The molecule has 1 aromatic carbocycles. The molecule has 134 valence electrons. The predicted octanol–water partition coefficient (Wildman–Crippen LogP) is 2.93. The number of hydrogen-bond acceptors (Lipinski definition) is 4. The normalized spacial score (nSPS) is 17.7. The zero-order valence-electron chi connectivity index (χ0n) is 14.9. The summed E-state index contributed by atoms with van der Waals surface area (Å²) in [5, 5.41) is 4.03. The van der Waals surface area contributed by atoms with Crippen LogP contribution in [0.2, 0.25) is 0 Å². The number of benzene rings is 1. The van der Waals surface area contributed by atoms with Crippen LogP contribution < -0.4 is 5.32 Å². The van der Waals surface area contributed by atoms with Gasteiger partial charge in [-0.2, -0.15) is 0 Å². The van der Waals surface area contributed by atoms with Crippen molar-refractivity contribution in [2.24, 2.45) is 0 Å². The van der Waals surface area contributed by atoms with E-state index >= 15 is 0 Å². The number of amides is 1. The number of aromatic nitrogens is 3. The minimum absolute atomic E-state index is 0.0561. The van der Waals surface area contributed by atoms with Gasteiger partial charge >= 0.3 is 0 Å². The summed E-state index contributed by atoms with van der Waals surface area (Å²) in [6, 6.07) is 8.96. The minimum Gasteiger partial charge on any atom is -0.361 e. The van der Waals surface area contributed by atoms with Crippen LogP contribution in [-0.4, -0.2) is 32.3 Å². The molecule has 1 aliphatic rings. The van der Waals surface area contributed by atoms with Gasteiger partial charge in [0.25, 0.3) is 0 Å². The number of carbonyl (C=O) groups is 1. The van der Waals surface area contributed by atoms with E-state index in [0.29, 0.717) is 6.54 Å². The van der Waals surface area contributed by atoms with Gasteiger partial charge in [0.15, 0.2) is 0 Å². The Bertz CT molecular complexity index is 919. The third-order valence-corrected chi connectivity index (χ3v) is 4.93. The molecular weight excluding hydrogens is 326 g/mol. The second kappa shape index (κ2) is 7.25. The van der Waals surface area contributed by atoms with Gasteiger partial charge < -0.3 is 10.3 Å². The number of carbonyl (C=O) groups excluding carboxylic acids is 1. The molecule has 1 saturated heterocycles. The van der Waals surface area contributed by atoms with Crippen LogP contribution in [0.4, 0.5) is 0 Å². The molecule has 1 aliphatic heterocycles. The maximum Gasteiger partial charge on any atom is 0.217 e. The Balaban J connectivity index is 1.50. The monoisotopic (exact) mass is 349 g/mol. The highest BCUT2D eigenvalue weighted by Gasteiger charge is 2.27. The number of aromatic amines is 1. The lowest BCUT2D eigenvalue weighted by molar-refractivity contribution is -0.119. The highest BCUT2D eigenvalue weighted by atomic mass is 16.1. The quantitative estimate of drug-likeness (QED) is 0.743. The first-order valence-electron chi connectivity index (χ1n) is 9.04. The third-order valence-electron chi connectivity index (χ3n) is 4.93. The van der Waals surface area contributed by atoms with Crippen molar-refractivity contribution in [1.29, 1.82) is 0 Å². The van der Waals surface area contributed by atoms with E-state index in [-0.39, 0.29) is 11.9 Å². The van der Waals surface area contributed by atoms with Gasteiger partial charge in [-0.05, 0) is 42.5 Å². The van der Waals surface area contributed by atoms with E-state index in [1.165, 1.54) is 23.4 Å². The van der Waals surface area contributed by atoms with Gasteiger partial charge in [-0.1, -0.05) is 12.1 Å². The molecule has 6 heteroatoms. The first kappa shape index (κ1) is 16.7. The summed E-state index contributed by atoms with van der Waals surface area (Å²) in [4.78, 5) is 25.9. The Labute approximate surface area is 152 Å². The summed E-state index contributed by atoms with van der Waals surface area (Å²) >= 11 is 0. The molecule has 2 N–H and O–H groups in total. The number of H-pyrrole nitrogens is 1. The van der Waals surface area contributed by atoms with Crippen LogP contribution in [0.25, 0.3) is 10.9 Å². The maximum atomic E-state index is 11.1. The van der Waals surface area contributed by atoms with Crippen molar-refractivity contribution in [2.75, 3.05) is 6.54 Å². The van der Waals surface area contributed by atoms with Gasteiger partial charge in [0.2, 0.25) is 5.91 Å². The van der Waals surface area contributed by atoms with Crippen molar-refractivity contribution < 1.29 is 4.79 Å². The average molecular weight is 349 g/mol. The fraction of sp³-hybridized carbons (Fsp3) is 0.350. The molecule has 4 rings (SSSR count). The van der Waals surface area contributed by atoms with E-state index in [9.17, 15) is 4.79 Å². The van der Waals surface area contributed by atoms with E-state index < -0.39 is 0 Å². The highest BCUT2D eigenvalue weighted by Crippen LogP contribution is 2.32. The standard InChI is InChI=1S/C20H23N5O/c1-14(26)23-11-17-10-21-12-19(24-17)20-3-2-8-25(20)13-15-4-5-16-6-7-22-18(16)9-15/h4-7,9-10,12,20,22H,2-3,8,11,13H2,1H3,(H,23,26)/t20-/m1/s1. The lowest BCUT2D eigenvalue weighted by Gasteiger charge is -2.24. The number of rotatable bonds is 5. The Hall–Kier alpha value is -2.73. The molecule has 3 aromatic rings. The molecular formula is C20H23N5O. The molecule has 1 atom stereocenters. The van der Waals surface area contributed by atoms with Gasteiger partial charge in [-0.15, -0.1) is 0 Å². The molecule has 2 aromatic heterocycles. The minimum atomic E-state index is -0.0561. The van der Waals surface area contributed by atoms with Gasteiger partial charge in [-0.3, -0.25) is 19.7 Å². The summed E-state index contributed by atoms with van der Waals surface area (Å²) in [7, 11) is 0. The largest absolute Gasteiger partial charge is 0.361 e. The van der Waals surface area contributed by atoms with Crippen LogP contribution in [0.3, 0.4) is 0 Å². The number of fused-ring (bicyclic) bond motifs is 1. The van der Waals surface area contributed by atoms with Crippen molar-refractivity contribution >= 4 is 16.8 Å². The van der Waals surface area contributed by atoms with Crippen LogP contribution in [-0.2, 0) is 17.9 Å². The zero-order chi connectivity index (χ0) is 17.9. The predicted molar refractivity (Wildman–Crippen MR) is 100 cm³/mol. The molecule has 3 heterocycles. The first-order chi connectivity index (χ1) is 12.7. The van der Waals surface area contributed by atoms with E-state index in [4.69, 9.17) is 4.98 Å². The molecule has 0 aliphatic carbocycles. The summed E-state index contributed by atoms with van der Waals surface area (Å²) in [5.74, 6) is -0.0561. The molecule has 1 fully saturated rings. The number of nitrogens with zero attached hydrogens (tertiary/aromatic N) is 3. The fourth-order valence-corrected chi connectivity index (χ4v) is 3.66. The summed E-state index contributed by atoms with van der Waals surface area (Å²) in [6.45, 7) is 3.89. The molecule has 0 spiro atoms. The number of hydrogen-bond donors (Lipinski definition) is 2. The number of nitrogens with one attached hydrogen (secondary N) is 2. The molecule has 0 radical (unpaired) electrons. The van der Waals surface area contributed by atoms with Gasteiger partial charge in [0, 0.05) is 25.2 Å². The van der Waals surface area contributed by atoms with Gasteiger partial charge in [0.05, 0.1) is 36.4 Å². The first-order valence-corrected chi connectivity index (χ1v) is 9.04. The van der Waals surface area contributed by atoms with Crippen molar-refractivity contribution in [1.82, 2.24) is 25.2 Å². The summed E-state index contributed by atoms with van der Waals surface area (Å²) in [6.07, 6.45) is 7.80. The van der Waals surface area contributed by atoms with Gasteiger partial charge in [-0.25, -0.2) is 0 Å². The van der Waals surface area contributed by atoms with Crippen molar-refractivity contribution in [3.05, 3.63) is 59.8 Å². The number of likely N-dealkylation sites (tertiary alicyclic amines) is 1. The lowest BCUT2D eigenvalue weighted by Crippen LogP contribution is -2.25. The molecule has 26 heavy (non-hydrogen) atoms. The van der Waals surface area contributed by atoms with E-state index in [0.717, 1.165) is 37.3 Å². The van der Waals surface area contributed by atoms with Crippen molar-refractivity contribution in [3.63, 3.8) is 0 Å². The van der Waals surface area contributed by atoms with Crippen molar-refractivity contribution in [3.8, 4) is 0 Å². The van der Waals surface area contributed by atoms with Crippen LogP contribution in [0.5, 0.6) is 0 Å². The molecule has 1 amide bonds. The third kappa shape index (κ3) is 3.60. The molecule has 0 bridgehead atoms. The smallest absolute Gasteiger partial charge is 0.217 e. The fourth-order valence-electron chi connectivity index (χ4n) is 3.66. The van der Waals surface area contributed by atoms with Crippen LogP contribution in [0.1, 0.15) is 42.8 Å². The van der Waals surface area contributed by atoms with E-state index in [1.807, 2.05) is 12.4 Å². The van der Waals surface area contributed by atoms with Crippen LogP contribution in [0.15, 0.2) is 42.9 Å². The Kier molecular flexibility index (Phi) is 4.67.